The molecule has 2 aromatic heterocycles. The Morgan fingerprint density at radius 2 is 1.65 bits per heavy atom. The van der Waals surface area contributed by atoms with Crippen LogP contribution in [0, 0.1) is 0 Å². The number of nitrogens with zero attached hydrogens (tertiary/aromatic N) is 6. The van der Waals surface area contributed by atoms with Gasteiger partial charge in [0.1, 0.15) is 5.82 Å². The molecule has 9 heteroatoms. The molecule has 2 N–H and O–H groups in total. The molecule has 1 atom stereocenters. The van der Waals surface area contributed by atoms with E-state index >= 15 is 0 Å². The largest absolute Gasteiger partial charge is 0.478 e. The van der Waals surface area contributed by atoms with E-state index in [9.17, 15) is 9.90 Å². The van der Waals surface area contributed by atoms with Crippen LogP contribution in [0.25, 0.3) is 22.5 Å². The number of carboxylic acids is 1. The minimum absolute atomic E-state index is 0.0514. The molecule has 9 nitrogen and oxygen atoms in total. The molecule has 5 rings (SSSR count). The highest BCUT2D eigenvalue weighted by Gasteiger charge is 2.20. The molecule has 0 aliphatic rings. The number of hydrogen-bond acceptors (Lipinski definition) is 6. The first-order chi connectivity index (χ1) is 17.9. The van der Waals surface area contributed by atoms with Gasteiger partial charge in [-0.2, -0.15) is 5.10 Å². The number of carbonyl (C=O) groups is 1. The molecule has 0 aliphatic heterocycles. The van der Waals surface area contributed by atoms with Crippen LogP contribution < -0.4 is 0 Å². The lowest BCUT2D eigenvalue weighted by Crippen LogP contribution is -2.11. The summed E-state index contributed by atoms with van der Waals surface area (Å²) in [4.78, 5) is 16.1. The summed E-state index contributed by atoms with van der Waals surface area (Å²) in [7, 11) is 0. The molecule has 0 saturated heterocycles. The maximum atomic E-state index is 11.2. The summed E-state index contributed by atoms with van der Waals surface area (Å²) in [5, 5.41) is 28.3. The number of H-pyrrole nitrogens is 1. The summed E-state index contributed by atoms with van der Waals surface area (Å²) in [5.74, 6) is 1.45. The molecule has 0 aliphatic carbocycles. The van der Waals surface area contributed by atoms with E-state index in [2.05, 4.69) is 71.7 Å². The number of nitrogens with one attached hydrogen (secondary N) is 1. The first-order valence-corrected chi connectivity index (χ1v) is 12.1. The van der Waals surface area contributed by atoms with Crippen molar-refractivity contribution in [2.24, 2.45) is 0 Å². The van der Waals surface area contributed by atoms with Gasteiger partial charge in [-0.3, -0.25) is 0 Å². The number of tetrazole rings is 1. The molecule has 3 aromatic carbocycles. The lowest BCUT2D eigenvalue weighted by atomic mass is 9.98. The molecule has 2 heterocycles. The predicted octanol–water partition coefficient (Wildman–Crippen LogP) is 5.15. The second-order valence-electron chi connectivity index (χ2n) is 9.28. The van der Waals surface area contributed by atoms with E-state index in [1.807, 2.05) is 35.0 Å². The average Bonchev–Trinajstić information content (AvgIpc) is 3.60. The molecule has 0 radical (unpaired) electrons. The van der Waals surface area contributed by atoms with Crippen molar-refractivity contribution >= 4 is 5.97 Å². The molecule has 5 aromatic rings. The first-order valence-electron chi connectivity index (χ1n) is 12.1. The highest BCUT2D eigenvalue weighted by Crippen LogP contribution is 2.30. The Bertz CT molecular complexity index is 1510. The van der Waals surface area contributed by atoms with Gasteiger partial charge >= 0.3 is 5.97 Å². The Balaban J connectivity index is 1.43. The zero-order valence-electron chi connectivity index (χ0n) is 20.8. The summed E-state index contributed by atoms with van der Waals surface area (Å²) >= 11 is 0. The topological polar surface area (TPSA) is 122 Å². The number of aromatic nitrogens is 7. The standard InChI is InChI=1S/C28H27N7O2/c1-17(2)25-29-27(18(3)20-12-14-22(15-13-20)28(36)37)35(32-25)16-19-8-10-21(11-9-19)23-6-4-5-7-24(23)26-30-33-34-31-26/h4-15,17-18H,16H2,1-3H3,(H,36,37)(H,30,31,33,34). The molecule has 186 valence electrons. The third-order valence-corrected chi connectivity index (χ3v) is 6.40. The Kier molecular flexibility index (Phi) is 6.59. The van der Waals surface area contributed by atoms with Crippen molar-refractivity contribution in [1.29, 1.82) is 0 Å². The van der Waals surface area contributed by atoms with Crippen LogP contribution in [0.1, 0.15) is 65.7 Å². The van der Waals surface area contributed by atoms with Gasteiger partial charge < -0.3 is 5.11 Å². The predicted molar refractivity (Wildman–Crippen MR) is 139 cm³/mol. The molecular formula is C28H27N7O2. The first kappa shape index (κ1) is 24.1. The Labute approximate surface area is 214 Å². The molecular weight excluding hydrogens is 466 g/mol. The second-order valence-corrected chi connectivity index (χ2v) is 9.28. The highest BCUT2D eigenvalue weighted by molar-refractivity contribution is 5.87. The fourth-order valence-electron chi connectivity index (χ4n) is 4.29. The number of hydrogen-bond donors (Lipinski definition) is 2. The number of rotatable bonds is 8. The normalized spacial score (nSPS) is 12.1. The summed E-state index contributed by atoms with van der Waals surface area (Å²) < 4.78 is 1.95. The lowest BCUT2D eigenvalue weighted by Gasteiger charge is -2.14. The minimum atomic E-state index is -0.937. The Hall–Kier alpha value is -4.66. The second kappa shape index (κ2) is 10.1. The van der Waals surface area contributed by atoms with Crippen LogP contribution in [0.15, 0.2) is 72.8 Å². The van der Waals surface area contributed by atoms with Gasteiger partial charge in [-0.15, -0.1) is 5.10 Å². The van der Waals surface area contributed by atoms with Crippen molar-refractivity contribution in [1.82, 2.24) is 35.4 Å². The Morgan fingerprint density at radius 3 is 2.27 bits per heavy atom. The van der Waals surface area contributed by atoms with Gasteiger partial charge in [-0.25, -0.2) is 19.6 Å². The molecule has 0 amide bonds. The van der Waals surface area contributed by atoms with E-state index in [0.717, 1.165) is 39.5 Å². The van der Waals surface area contributed by atoms with Crippen LogP contribution in [0.2, 0.25) is 0 Å². The summed E-state index contributed by atoms with van der Waals surface area (Å²) in [6.45, 7) is 6.79. The van der Waals surface area contributed by atoms with Gasteiger partial charge in [-0.1, -0.05) is 81.4 Å². The van der Waals surface area contributed by atoms with E-state index in [1.54, 1.807) is 12.1 Å². The monoisotopic (exact) mass is 493 g/mol. The molecule has 0 fully saturated rings. The third kappa shape index (κ3) is 5.02. The van der Waals surface area contributed by atoms with E-state index in [1.165, 1.54) is 0 Å². The minimum Gasteiger partial charge on any atom is -0.478 e. The van der Waals surface area contributed by atoms with Gasteiger partial charge in [0.25, 0.3) is 0 Å². The van der Waals surface area contributed by atoms with Crippen LogP contribution >= 0.6 is 0 Å². The molecule has 0 saturated carbocycles. The van der Waals surface area contributed by atoms with E-state index in [-0.39, 0.29) is 17.4 Å². The number of benzene rings is 3. The quantitative estimate of drug-likeness (QED) is 0.307. The zero-order chi connectivity index (χ0) is 25.9. The van der Waals surface area contributed by atoms with Crippen molar-refractivity contribution in [2.45, 2.75) is 39.2 Å². The number of aromatic amines is 1. The van der Waals surface area contributed by atoms with Crippen molar-refractivity contribution in [2.75, 3.05) is 0 Å². The van der Waals surface area contributed by atoms with Crippen LogP contribution in [0.3, 0.4) is 0 Å². The molecule has 1 unspecified atom stereocenters. The van der Waals surface area contributed by atoms with Crippen LogP contribution in [-0.4, -0.2) is 46.5 Å². The lowest BCUT2D eigenvalue weighted by molar-refractivity contribution is 0.0697. The fourth-order valence-corrected chi connectivity index (χ4v) is 4.29. The SMILES string of the molecule is CC(C)c1nc(C(C)c2ccc(C(=O)O)cc2)n(Cc2ccc(-c3ccccc3-c3nnn[nH]3)cc2)n1. The fraction of sp³-hybridized carbons (Fsp3) is 0.214. The molecule has 37 heavy (non-hydrogen) atoms. The van der Waals surface area contributed by atoms with Crippen LogP contribution in [0.5, 0.6) is 0 Å². The highest BCUT2D eigenvalue weighted by atomic mass is 16.4. The smallest absolute Gasteiger partial charge is 0.335 e. The Morgan fingerprint density at radius 1 is 0.946 bits per heavy atom. The summed E-state index contributed by atoms with van der Waals surface area (Å²) in [6, 6.07) is 23.3. The van der Waals surface area contributed by atoms with Gasteiger partial charge in [0, 0.05) is 17.4 Å². The summed E-state index contributed by atoms with van der Waals surface area (Å²) in [6.07, 6.45) is 0. The maximum Gasteiger partial charge on any atom is 0.335 e. The van der Waals surface area contributed by atoms with Crippen LogP contribution in [0.4, 0.5) is 0 Å². The van der Waals surface area contributed by atoms with Gasteiger partial charge in [0.2, 0.25) is 0 Å². The van der Waals surface area contributed by atoms with Crippen molar-refractivity contribution in [3.63, 3.8) is 0 Å². The van der Waals surface area contributed by atoms with Gasteiger partial charge in [0.15, 0.2) is 11.6 Å². The molecule has 0 bridgehead atoms. The average molecular weight is 494 g/mol. The maximum absolute atomic E-state index is 11.2. The van der Waals surface area contributed by atoms with Crippen molar-refractivity contribution in [3.05, 3.63) is 101 Å². The van der Waals surface area contributed by atoms with Crippen molar-refractivity contribution in [3.8, 4) is 22.5 Å². The zero-order valence-corrected chi connectivity index (χ0v) is 20.8. The molecule has 0 spiro atoms. The van der Waals surface area contributed by atoms with E-state index < -0.39 is 5.97 Å². The number of carboxylic acid groups (broad SMARTS) is 1. The van der Waals surface area contributed by atoms with Gasteiger partial charge in [0.05, 0.1) is 12.1 Å². The van der Waals surface area contributed by atoms with E-state index in [4.69, 9.17) is 10.1 Å². The third-order valence-electron chi connectivity index (χ3n) is 6.40. The van der Waals surface area contributed by atoms with Crippen molar-refractivity contribution < 1.29 is 9.90 Å². The summed E-state index contributed by atoms with van der Waals surface area (Å²) in [5.41, 5.74) is 5.38. The van der Waals surface area contributed by atoms with Gasteiger partial charge in [-0.05, 0) is 44.8 Å². The number of aromatic carboxylic acids is 1. The van der Waals surface area contributed by atoms with Crippen LogP contribution in [-0.2, 0) is 6.54 Å². The van der Waals surface area contributed by atoms with E-state index in [0.29, 0.717) is 12.4 Å².